The zero-order valence-corrected chi connectivity index (χ0v) is 12.8. The van der Waals surface area contributed by atoms with Crippen LogP contribution in [0, 0.1) is 10.1 Å². The first-order chi connectivity index (χ1) is 10.0. The molecule has 0 bridgehead atoms. The van der Waals surface area contributed by atoms with Crippen LogP contribution in [-0.2, 0) is 0 Å². The highest BCUT2D eigenvalue weighted by molar-refractivity contribution is 6.00. The molecule has 21 heavy (non-hydrogen) atoms. The largest absolute Gasteiger partial charge is 0.385 e. The maximum Gasteiger partial charge on any atom is 0.270 e. The Morgan fingerprint density at radius 1 is 1.33 bits per heavy atom. The van der Waals surface area contributed by atoms with E-state index in [9.17, 15) is 14.9 Å². The summed E-state index contributed by atoms with van der Waals surface area (Å²) in [7, 11) is 0. The van der Waals surface area contributed by atoms with Crippen molar-refractivity contribution in [3.8, 4) is 0 Å². The minimum Gasteiger partial charge on any atom is -0.385 e. The van der Waals surface area contributed by atoms with E-state index in [1.165, 1.54) is 12.1 Å². The summed E-state index contributed by atoms with van der Waals surface area (Å²) in [5.41, 5.74) is 0.859. The third-order valence-corrected chi connectivity index (χ3v) is 3.29. The van der Waals surface area contributed by atoms with Gasteiger partial charge in [-0.3, -0.25) is 14.9 Å². The van der Waals surface area contributed by atoms with Crippen LogP contribution in [0.4, 0.5) is 11.4 Å². The maximum absolute atomic E-state index is 12.4. The van der Waals surface area contributed by atoms with E-state index in [0.29, 0.717) is 17.8 Å². The Labute approximate surface area is 125 Å². The average Bonchev–Trinajstić information content (AvgIpc) is 2.47. The number of rotatable bonds is 8. The van der Waals surface area contributed by atoms with Crippen LogP contribution in [0.15, 0.2) is 18.2 Å². The number of nitro groups is 1. The third-order valence-electron chi connectivity index (χ3n) is 3.29. The molecule has 1 aromatic carbocycles. The molecule has 1 atom stereocenters. The summed E-state index contributed by atoms with van der Waals surface area (Å²) in [5.74, 6) is -0.269. The van der Waals surface area contributed by atoms with E-state index in [-0.39, 0.29) is 17.6 Å². The lowest BCUT2D eigenvalue weighted by molar-refractivity contribution is -0.384. The van der Waals surface area contributed by atoms with Crippen LogP contribution in [0.2, 0.25) is 0 Å². The Morgan fingerprint density at radius 3 is 2.57 bits per heavy atom. The molecule has 6 heteroatoms. The standard InChI is InChI=1S/C15H23N3O3/c1-4-7-11(5-2)17-15(19)13-10-12(18(20)21)8-9-14(13)16-6-3/h8-11,16H,4-7H2,1-3H3,(H,17,19). The molecule has 1 unspecified atom stereocenters. The molecule has 0 radical (unpaired) electrons. The van der Waals surface area contributed by atoms with Gasteiger partial charge >= 0.3 is 0 Å². The van der Waals surface area contributed by atoms with Gasteiger partial charge in [-0.25, -0.2) is 0 Å². The van der Waals surface area contributed by atoms with Gasteiger partial charge in [0.1, 0.15) is 0 Å². The monoisotopic (exact) mass is 293 g/mol. The summed E-state index contributed by atoms with van der Waals surface area (Å²) < 4.78 is 0. The molecule has 0 heterocycles. The highest BCUT2D eigenvalue weighted by atomic mass is 16.6. The molecule has 6 nitrogen and oxygen atoms in total. The minimum absolute atomic E-state index is 0.0784. The molecule has 0 saturated carbocycles. The fraction of sp³-hybridized carbons (Fsp3) is 0.533. The fourth-order valence-corrected chi connectivity index (χ4v) is 2.17. The summed E-state index contributed by atoms with van der Waals surface area (Å²) in [5, 5.41) is 16.9. The number of carbonyl (C=O) groups is 1. The molecule has 0 aromatic heterocycles. The molecule has 116 valence electrons. The molecule has 0 fully saturated rings. The van der Waals surface area contributed by atoms with Crippen molar-refractivity contribution in [3.63, 3.8) is 0 Å². The lowest BCUT2D eigenvalue weighted by Gasteiger charge is -2.17. The second kappa shape index (κ2) is 8.24. The second-order valence-electron chi connectivity index (χ2n) is 4.88. The van der Waals surface area contributed by atoms with Gasteiger partial charge in [0.25, 0.3) is 11.6 Å². The van der Waals surface area contributed by atoms with Gasteiger partial charge in [-0.05, 0) is 25.8 Å². The van der Waals surface area contributed by atoms with Gasteiger partial charge in [0.05, 0.1) is 10.5 Å². The Morgan fingerprint density at radius 2 is 2.05 bits per heavy atom. The number of carbonyl (C=O) groups excluding carboxylic acids is 1. The lowest BCUT2D eigenvalue weighted by Crippen LogP contribution is -2.34. The molecule has 0 aliphatic heterocycles. The molecule has 0 aliphatic rings. The van der Waals surface area contributed by atoms with Gasteiger partial charge in [-0.1, -0.05) is 20.3 Å². The SMILES string of the molecule is CCCC(CC)NC(=O)c1cc([N+](=O)[O-])ccc1NCC. The molecule has 1 aromatic rings. The minimum atomic E-state index is -0.490. The number of nitrogens with zero attached hydrogens (tertiary/aromatic N) is 1. The first-order valence-electron chi connectivity index (χ1n) is 7.36. The number of anilines is 1. The number of hydrogen-bond donors (Lipinski definition) is 2. The predicted molar refractivity (Wildman–Crippen MR) is 83.7 cm³/mol. The smallest absolute Gasteiger partial charge is 0.270 e. The van der Waals surface area contributed by atoms with E-state index in [1.807, 2.05) is 13.8 Å². The normalized spacial score (nSPS) is 11.8. The van der Waals surface area contributed by atoms with Crippen molar-refractivity contribution in [2.45, 2.75) is 46.1 Å². The lowest BCUT2D eigenvalue weighted by atomic mass is 10.1. The zero-order valence-electron chi connectivity index (χ0n) is 12.8. The molecule has 1 amide bonds. The van der Waals surface area contributed by atoms with E-state index in [4.69, 9.17) is 0 Å². The van der Waals surface area contributed by atoms with Crippen LogP contribution >= 0.6 is 0 Å². The number of nitrogens with one attached hydrogen (secondary N) is 2. The number of hydrogen-bond acceptors (Lipinski definition) is 4. The first kappa shape index (κ1) is 16.9. The molecular weight excluding hydrogens is 270 g/mol. The van der Waals surface area contributed by atoms with E-state index in [2.05, 4.69) is 17.6 Å². The summed E-state index contributed by atoms with van der Waals surface area (Å²) >= 11 is 0. The van der Waals surface area contributed by atoms with Crippen molar-refractivity contribution in [2.75, 3.05) is 11.9 Å². The summed E-state index contributed by atoms with van der Waals surface area (Å²) in [6.07, 6.45) is 2.71. The van der Waals surface area contributed by atoms with Crippen LogP contribution in [0.25, 0.3) is 0 Å². The average molecular weight is 293 g/mol. The van der Waals surface area contributed by atoms with Crippen molar-refractivity contribution < 1.29 is 9.72 Å². The van der Waals surface area contributed by atoms with Crippen LogP contribution in [0.5, 0.6) is 0 Å². The molecule has 0 spiro atoms. The van der Waals surface area contributed by atoms with E-state index >= 15 is 0 Å². The fourth-order valence-electron chi connectivity index (χ4n) is 2.17. The Kier molecular flexibility index (Phi) is 6.65. The van der Waals surface area contributed by atoms with Gasteiger partial charge in [-0.15, -0.1) is 0 Å². The quantitative estimate of drug-likeness (QED) is 0.568. The van der Waals surface area contributed by atoms with Crippen LogP contribution in [-0.4, -0.2) is 23.4 Å². The van der Waals surface area contributed by atoms with E-state index in [1.54, 1.807) is 6.07 Å². The van der Waals surface area contributed by atoms with Gasteiger partial charge in [-0.2, -0.15) is 0 Å². The number of nitro benzene ring substituents is 1. The molecule has 1 rings (SSSR count). The van der Waals surface area contributed by atoms with Crippen molar-refractivity contribution in [1.82, 2.24) is 5.32 Å². The van der Waals surface area contributed by atoms with Crippen molar-refractivity contribution in [3.05, 3.63) is 33.9 Å². The molecule has 0 aliphatic carbocycles. The topological polar surface area (TPSA) is 84.3 Å². The highest BCUT2D eigenvalue weighted by Crippen LogP contribution is 2.22. The van der Waals surface area contributed by atoms with Crippen LogP contribution < -0.4 is 10.6 Å². The molecule has 0 saturated heterocycles. The van der Waals surface area contributed by atoms with E-state index < -0.39 is 4.92 Å². The van der Waals surface area contributed by atoms with E-state index in [0.717, 1.165) is 19.3 Å². The Bertz CT molecular complexity index is 503. The number of amides is 1. The van der Waals surface area contributed by atoms with Crippen LogP contribution in [0.3, 0.4) is 0 Å². The summed E-state index contributed by atoms with van der Waals surface area (Å²) in [4.78, 5) is 22.8. The number of non-ortho nitro benzene ring substituents is 1. The highest BCUT2D eigenvalue weighted by Gasteiger charge is 2.18. The zero-order chi connectivity index (χ0) is 15.8. The van der Waals surface area contributed by atoms with Gasteiger partial charge in [0, 0.05) is 30.4 Å². The third kappa shape index (κ3) is 4.73. The van der Waals surface area contributed by atoms with Crippen LogP contribution in [0.1, 0.15) is 50.4 Å². The summed E-state index contributed by atoms with van der Waals surface area (Å²) in [6, 6.07) is 4.40. The van der Waals surface area contributed by atoms with Gasteiger partial charge in [0.2, 0.25) is 0 Å². The molecular formula is C15H23N3O3. The first-order valence-corrected chi connectivity index (χ1v) is 7.36. The van der Waals surface area contributed by atoms with Gasteiger partial charge < -0.3 is 10.6 Å². The maximum atomic E-state index is 12.4. The van der Waals surface area contributed by atoms with Crippen molar-refractivity contribution in [2.24, 2.45) is 0 Å². The number of benzene rings is 1. The second-order valence-corrected chi connectivity index (χ2v) is 4.88. The summed E-state index contributed by atoms with van der Waals surface area (Å²) in [6.45, 7) is 6.63. The van der Waals surface area contributed by atoms with Crippen molar-refractivity contribution >= 4 is 17.3 Å². The van der Waals surface area contributed by atoms with Gasteiger partial charge in [0.15, 0.2) is 0 Å². The van der Waals surface area contributed by atoms with Crippen molar-refractivity contribution in [1.29, 1.82) is 0 Å². The molecule has 2 N–H and O–H groups in total. The predicted octanol–water partition coefficient (Wildman–Crippen LogP) is 3.34. The Balaban J connectivity index is 3.03. The Hall–Kier alpha value is -2.11.